The van der Waals surface area contributed by atoms with Gasteiger partial charge in [-0.25, -0.2) is 0 Å². The van der Waals surface area contributed by atoms with Crippen LogP contribution in [0.15, 0.2) is 27.8 Å². The molecule has 1 saturated heterocycles. The van der Waals surface area contributed by atoms with E-state index < -0.39 is 0 Å². The highest BCUT2D eigenvalue weighted by Gasteiger charge is 2.17. The third kappa shape index (κ3) is 4.17. The molecule has 1 aliphatic heterocycles. The first-order chi connectivity index (χ1) is 11.6. The van der Waals surface area contributed by atoms with Gasteiger partial charge in [0.1, 0.15) is 0 Å². The van der Waals surface area contributed by atoms with Gasteiger partial charge >= 0.3 is 0 Å². The number of rotatable bonds is 4. The van der Waals surface area contributed by atoms with Crippen LogP contribution in [-0.2, 0) is 4.79 Å². The van der Waals surface area contributed by atoms with E-state index >= 15 is 0 Å². The van der Waals surface area contributed by atoms with Gasteiger partial charge in [0.05, 0.1) is 5.75 Å². The summed E-state index contributed by atoms with van der Waals surface area (Å²) in [6.07, 6.45) is 4.65. The number of likely N-dealkylation sites (tertiary alicyclic amines) is 1. The fraction of sp³-hybridized carbons (Fsp3) is 0.500. The molecule has 1 aromatic carbocycles. The highest BCUT2D eigenvalue weighted by atomic mass is 32.2. The van der Waals surface area contributed by atoms with E-state index in [9.17, 15) is 4.79 Å². The van der Waals surface area contributed by atoms with Crippen LogP contribution in [0.5, 0.6) is 0 Å². The molecule has 2 aromatic rings. The maximum absolute atomic E-state index is 12.3. The van der Waals surface area contributed by atoms with Crippen molar-refractivity contribution in [2.75, 3.05) is 18.8 Å². The van der Waals surface area contributed by atoms with E-state index in [1.807, 2.05) is 23.1 Å². The molecule has 0 aliphatic carbocycles. The van der Waals surface area contributed by atoms with Crippen molar-refractivity contribution in [3.05, 3.63) is 29.3 Å². The monoisotopic (exact) mass is 345 g/mol. The molecular weight excluding hydrogens is 322 g/mol. The Morgan fingerprint density at radius 2 is 1.88 bits per heavy atom. The third-order valence-corrected chi connectivity index (χ3v) is 5.24. The smallest absolute Gasteiger partial charge is 0.277 e. The number of aromatic nitrogens is 2. The summed E-state index contributed by atoms with van der Waals surface area (Å²) in [7, 11) is 0. The summed E-state index contributed by atoms with van der Waals surface area (Å²) in [5.41, 5.74) is 3.34. The molecule has 0 N–H and O–H groups in total. The Kier molecular flexibility index (Phi) is 5.56. The molecule has 0 unspecified atom stereocenters. The highest BCUT2D eigenvalue weighted by molar-refractivity contribution is 7.99. The average molecular weight is 345 g/mol. The van der Waals surface area contributed by atoms with Gasteiger partial charge < -0.3 is 9.32 Å². The van der Waals surface area contributed by atoms with E-state index in [0.717, 1.165) is 31.5 Å². The second-order valence-electron chi connectivity index (χ2n) is 6.26. The molecule has 6 heteroatoms. The van der Waals surface area contributed by atoms with Crippen LogP contribution < -0.4 is 0 Å². The molecule has 24 heavy (non-hydrogen) atoms. The number of aryl methyl sites for hydroxylation is 2. The minimum absolute atomic E-state index is 0.160. The quantitative estimate of drug-likeness (QED) is 0.788. The van der Waals surface area contributed by atoms with Gasteiger partial charge in [-0.05, 0) is 49.9 Å². The molecule has 0 saturated carbocycles. The Morgan fingerprint density at radius 3 is 2.58 bits per heavy atom. The van der Waals surface area contributed by atoms with Crippen LogP contribution >= 0.6 is 11.8 Å². The van der Waals surface area contributed by atoms with E-state index in [1.54, 1.807) is 0 Å². The van der Waals surface area contributed by atoms with Gasteiger partial charge in [0.15, 0.2) is 0 Å². The zero-order chi connectivity index (χ0) is 16.9. The maximum Gasteiger partial charge on any atom is 0.277 e. The summed E-state index contributed by atoms with van der Waals surface area (Å²) in [5, 5.41) is 8.61. The Bertz CT molecular complexity index is 706. The number of amides is 1. The van der Waals surface area contributed by atoms with E-state index in [4.69, 9.17) is 4.42 Å². The van der Waals surface area contributed by atoms with Crippen LogP contribution in [0, 0.1) is 13.8 Å². The minimum Gasteiger partial charge on any atom is -0.411 e. The lowest BCUT2D eigenvalue weighted by atomic mass is 10.1. The van der Waals surface area contributed by atoms with Crippen LogP contribution in [0.3, 0.4) is 0 Å². The van der Waals surface area contributed by atoms with E-state index in [-0.39, 0.29) is 5.91 Å². The van der Waals surface area contributed by atoms with Gasteiger partial charge in [-0.15, -0.1) is 10.2 Å². The zero-order valence-corrected chi connectivity index (χ0v) is 15.1. The number of thioether (sulfide) groups is 1. The molecule has 1 aliphatic rings. The van der Waals surface area contributed by atoms with Crippen molar-refractivity contribution in [3.63, 3.8) is 0 Å². The Labute approximate surface area is 146 Å². The number of nitrogens with zero attached hydrogens (tertiary/aromatic N) is 3. The number of hydrogen-bond donors (Lipinski definition) is 0. The predicted octanol–water partition coefficient (Wildman–Crippen LogP) is 3.85. The van der Waals surface area contributed by atoms with E-state index in [2.05, 4.69) is 24.0 Å². The zero-order valence-electron chi connectivity index (χ0n) is 14.2. The third-order valence-electron chi connectivity index (χ3n) is 4.44. The van der Waals surface area contributed by atoms with E-state index in [0.29, 0.717) is 16.9 Å². The van der Waals surface area contributed by atoms with Crippen LogP contribution in [0.1, 0.15) is 36.8 Å². The lowest BCUT2D eigenvalue weighted by Gasteiger charge is -2.19. The van der Waals surface area contributed by atoms with Crippen molar-refractivity contribution in [2.24, 2.45) is 0 Å². The molecule has 5 nitrogen and oxygen atoms in total. The molecule has 0 atom stereocenters. The summed E-state index contributed by atoms with van der Waals surface area (Å²) < 4.78 is 5.70. The van der Waals surface area contributed by atoms with Gasteiger partial charge in [0, 0.05) is 18.7 Å². The molecular formula is C18H23N3O2S. The molecule has 1 aromatic heterocycles. The lowest BCUT2D eigenvalue weighted by molar-refractivity contribution is -0.128. The molecule has 0 radical (unpaired) electrons. The van der Waals surface area contributed by atoms with Crippen LogP contribution in [0.2, 0.25) is 0 Å². The number of carbonyl (C=O) groups excluding carboxylic acids is 1. The molecule has 0 spiro atoms. The standard InChI is InChI=1S/C18H23N3O2S/c1-13-7-8-15(11-14(13)2)17-19-20-18(23-17)24-12-16(22)21-9-5-3-4-6-10-21/h7-8,11H,3-6,9-10,12H2,1-2H3. The minimum atomic E-state index is 0.160. The van der Waals surface area contributed by atoms with Crippen molar-refractivity contribution < 1.29 is 9.21 Å². The molecule has 0 bridgehead atoms. The molecule has 128 valence electrons. The Hall–Kier alpha value is -1.82. The fourth-order valence-corrected chi connectivity index (χ4v) is 3.46. The van der Waals surface area contributed by atoms with Gasteiger partial charge in [-0.1, -0.05) is 30.7 Å². The summed E-state index contributed by atoms with van der Waals surface area (Å²) in [6, 6.07) is 6.07. The van der Waals surface area contributed by atoms with Crippen LogP contribution in [0.25, 0.3) is 11.5 Å². The predicted molar refractivity (Wildman–Crippen MR) is 95.0 cm³/mol. The van der Waals surface area contributed by atoms with Gasteiger partial charge in [0.2, 0.25) is 11.8 Å². The van der Waals surface area contributed by atoms with Crippen LogP contribution in [-0.4, -0.2) is 39.8 Å². The first kappa shape index (κ1) is 17.0. The second kappa shape index (κ2) is 7.83. The number of carbonyl (C=O) groups is 1. The SMILES string of the molecule is Cc1ccc(-c2nnc(SCC(=O)N3CCCCCC3)o2)cc1C. The highest BCUT2D eigenvalue weighted by Crippen LogP contribution is 2.25. The van der Waals surface area contributed by atoms with Crippen molar-refractivity contribution in [1.29, 1.82) is 0 Å². The Balaban J connectivity index is 1.59. The summed E-state index contributed by atoms with van der Waals surface area (Å²) in [4.78, 5) is 14.3. The van der Waals surface area contributed by atoms with Crippen molar-refractivity contribution in [2.45, 2.75) is 44.8 Å². The van der Waals surface area contributed by atoms with Crippen molar-refractivity contribution >= 4 is 17.7 Å². The Morgan fingerprint density at radius 1 is 1.12 bits per heavy atom. The summed E-state index contributed by atoms with van der Waals surface area (Å²) in [6.45, 7) is 5.88. The topological polar surface area (TPSA) is 59.2 Å². The number of benzene rings is 1. The van der Waals surface area contributed by atoms with Gasteiger partial charge in [0.25, 0.3) is 5.22 Å². The first-order valence-electron chi connectivity index (χ1n) is 8.45. The summed E-state index contributed by atoms with van der Waals surface area (Å²) >= 11 is 1.32. The number of hydrogen-bond acceptors (Lipinski definition) is 5. The molecule has 2 heterocycles. The summed E-state index contributed by atoms with van der Waals surface area (Å²) in [5.74, 6) is 1.02. The van der Waals surface area contributed by atoms with Gasteiger partial charge in [-0.2, -0.15) is 0 Å². The van der Waals surface area contributed by atoms with Crippen molar-refractivity contribution in [3.8, 4) is 11.5 Å². The molecule has 3 rings (SSSR count). The molecule has 1 amide bonds. The first-order valence-corrected chi connectivity index (χ1v) is 9.44. The maximum atomic E-state index is 12.3. The normalized spacial score (nSPS) is 15.3. The van der Waals surface area contributed by atoms with Gasteiger partial charge in [-0.3, -0.25) is 4.79 Å². The average Bonchev–Trinajstić information content (AvgIpc) is 2.88. The molecule has 1 fully saturated rings. The second-order valence-corrected chi connectivity index (χ2v) is 7.18. The largest absolute Gasteiger partial charge is 0.411 e. The van der Waals surface area contributed by atoms with E-state index in [1.165, 1.54) is 35.7 Å². The van der Waals surface area contributed by atoms with Crippen LogP contribution in [0.4, 0.5) is 0 Å². The lowest BCUT2D eigenvalue weighted by Crippen LogP contribution is -2.33. The fourth-order valence-electron chi connectivity index (χ4n) is 2.79. The van der Waals surface area contributed by atoms with Crippen molar-refractivity contribution in [1.82, 2.24) is 15.1 Å².